The standard InChI is InChI=1S/C55H78O9Si2.C32H48O3Si.C29H36O6SeSi/c1-39(42(4)64-66(54(5,6)7,46-21-17-15-18-22-46)47-23-19-16-20-24-47)25-26-41(3)52-49(62-55(8,9)63-52)32-27-40(2)48-35-45(60-37-43-28-30-44(58-11)31-29-43)36-50(61-38-57-10)51(48)53(56)59-33-34-65(12,13)14;1-10-17-29-30(34-32(8,9)33-29)25(3)23-22-24(2)26(4)35-36(31(5,6)7,27-18-13-11-14-19-27)28-20-15-12-16-21-28;1-31-21-35-27-18-25(34-19-22-11-13-24(32-2)14-12-22)17-23(20-36-26-9-7-6-8-10-26)28(27)29(30)33-15-16-37(3,4)5/h15-26,28-31,35-36,39-42,49,52H,27,32-34,37-38H2,1-14H3;11-16,18-26,29-30H,10,17H2,1-9H3;6-14,17-18H,15-16,19-21H2,1-5H3/b26-25-;23-22-;/t39-,40-,41+,42-,49-,52?;24-,25-,26-,29?,30?;/m00./s1. The van der Waals surface area contributed by atoms with E-state index in [0.717, 1.165) is 58.7 Å². The summed E-state index contributed by atoms with van der Waals surface area (Å²) in [7, 11) is -1.72. The number of benzene rings is 9. The van der Waals surface area contributed by atoms with Crippen molar-refractivity contribution in [3.63, 3.8) is 0 Å². The van der Waals surface area contributed by atoms with E-state index in [4.69, 9.17) is 75.2 Å². The molecule has 0 spiro atoms. The number of hydrogen-bond acceptors (Lipinski definition) is 18. The zero-order valence-corrected chi connectivity index (χ0v) is 94.2. The molecule has 0 bridgehead atoms. The van der Waals surface area contributed by atoms with Crippen LogP contribution >= 0.6 is 0 Å². The van der Waals surface area contributed by atoms with Crippen LogP contribution in [-0.4, -0.2) is 163 Å². The summed E-state index contributed by atoms with van der Waals surface area (Å²) in [5.74, 6) is 2.09. The number of carbonyl (C=O) groups excluding carboxylic acids is 2. The Morgan fingerprint density at radius 3 is 1.15 bits per heavy atom. The van der Waals surface area contributed by atoms with Crippen LogP contribution in [0.3, 0.4) is 0 Å². The molecule has 2 aliphatic rings. The van der Waals surface area contributed by atoms with Crippen LogP contribution in [0.5, 0.6) is 34.5 Å². The molecule has 18 nitrogen and oxygen atoms in total. The van der Waals surface area contributed by atoms with Crippen LogP contribution in [-0.2, 0) is 65.3 Å². The molecule has 23 heteroatoms. The van der Waals surface area contributed by atoms with Crippen LogP contribution in [0.15, 0.2) is 249 Å². The van der Waals surface area contributed by atoms with Crippen molar-refractivity contribution in [1.29, 1.82) is 0 Å². The van der Waals surface area contributed by atoms with Gasteiger partial charge in [-0.1, -0.05) is 267 Å². The van der Waals surface area contributed by atoms with E-state index in [0.29, 0.717) is 78.7 Å². The molecule has 139 heavy (non-hydrogen) atoms. The van der Waals surface area contributed by atoms with E-state index < -0.39 is 50.3 Å². The second-order valence-corrected chi connectivity index (χ2v) is 64.4. The molecule has 3 unspecified atom stereocenters. The maximum absolute atomic E-state index is 14.1. The first-order valence-electron chi connectivity index (χ1n) is 49.7. The molecule has 756 valence electrons. The summed E-state index contributed by atoms with van der Waals surface area (Å²) in [6.07, 6.45) is 12.6. The molecule has 2 aliphatic heterocycles. The normalized spacial score (nSPS) is 17.7. The van der Waals surface area contributed by atoms with E-state index in [9.17, 15) is 9.59 Å². The predicted octanol–water partition coefficient (Wildman–Crippen LogP) is 24.3. The van der Waals surface area contributed by atoms with Crippen LogP contribution in [0.25, 0.3) is 0 Å². The number of esters is 2. The molecule has 9 aromatic rings. The van der Waals surface area contributed by atoms with E-state index in [1.807, 2.05) is 107 Å². The number of rotatable bonds is 47. The van der Waals surface area contributed by atoms with Crippen LogP contribution in [0.1, 0.15) is 199 Å². The van der Waals surface area contributed by atoms with Gasteiger partial charge in [-0.3, -0.25) is 0 Å². The monoisotopic (exact) mass is 2040 g/mol. The van der Waals surface area contributed by atoms with Crippen LogP contribution in [0.2, 0.25) is 61.4 Å². The average Bonchev–Trinajstić information content (AvgIpc) is 1.32. The minimum atomic E-state index is -2.73. The van der Waals surface area contributed by atoms with Gasteiger partial charge in [-0.05, 0) is 145 Å². The van der Waals surface area contributed by atoms with Crippen molar-refractivity contribution in [2.75, 3.05) is 55.2 Å². The molecular formula is C116H162O18SeSi4. The summed E-state index contributed by atoms with van der Waals surface area (Å²) >= 11 is 0.113. The van der Waals surface area contributed by atoms with Crippen molar-refractivity contribution in [2.45, 2.75) is 284 Å². The van der Waals surface area contributed by atoms with Gasteiger partial charge in [0, 0.05) is 45.3 Å². The quantitative estimate of drug-likeness (QED) is 0.0152. The van der Waals surface area contributed by atoms with E-state index in [1.54, 1.807) is 40.6 Å². The Balaban J connectivity index is 0.000000251. The van der Waals surface area contributed by atoms with Crippen molar-refractivity contribution in [2.24, 2.45) is 23.7 Å². The number of hydrogen-bond donors (Lipinski definition) is 0. The van der Waals surface area contributed by atoms with Gasteiger partial charge in [0.05, 0.1) is 38.1 Å². The first-order chi connectivity index (χ1) is 65.9. The Morgan fingerprint density at radius 1 is 0.432 bits per heavy atom. The summed E-state index contributed by atoms with van der Waals surface area (Å²) in [6, 6.07) is 78.3. The summed E-state index contributed by atoms with van der Waals surface area (Å²) in [5.41, 5.74) is 4.46. The van der Waals surface area contributed by atoms with Gasteiger partial charge < -0.3 is 51.5 Å². The Morgan fingerprint density at radius 2 is 0.791 bits per heavy atom. The summed E-state index contributed by atoms with van der Waals surface area (Å²) < 4.78 is 99.1. The average molecular weight is 2040 g/mol. The van der Waals surface area contributed by atoms with E-state index in [2.05, 4.69) is 294 Å². The van der Waals surface area contributed by atoms with Crippen molar-refractivity contribution < 1.29 is 84.8 Å². The maximum Gasteiger partial charge on any atom is 0.342 e. The van der Waals surface area contributed by atoms with Crippen LogP contribution in [0, 0.1) is 23.7 Å². The Hall–Kier alpha value is -8.73. The van der Waals surface area contributed by atoms with Gasteiger partial charge in [0.25, 0.3) is 16.6 Å². The Kier molecular flexibility index (Phi) is 43.4. The second-order valence-electron chi connectivity index (χ2n) is 42.4. The van der Waals surface area contributed by atoms with Crippen molar-refractivity contribution in [3.05, 3.63) is 282 Å². The SMILES string of the molecule is CCCC1OC(C)(C)OC1[C@@H](C)/C=C\[C@H](C)[C@H](C)O[Si](c1ccccc1)(c1ccccc1)C(C)(C)C.COCOc1cc(OCc2ccc(OC)cc2)cc(C[Se]c2ccccc2)c1C(=O)OCC[Si](C)(C)C.COCOc1cc(OCc2ccc(OC)cc2)cc([C@@H](C)CC[C@@H]2OC(C)(C)OC2[C@H](C)/C=C\[C@H](C)[C@H](C)O[Si](c2ccccc2)(c2ccccc2)C(C)(C)C)c1C(=O)OCC[Si](C)(C)C. The minimum Gasteiger partial charge on any atom is -0.497 e. The minimum absolute atomic E-state index is 0.0143. The fraction of sp³-hybridized carbons (Fsp3) is 0.483. The summed E-state index contributed by atoms with van der Waals surface area (Å²) in [6.45, 7) is 54.7. The molecule has 9 aromatic carbocycles. The molecule has 2 heterocycles. The van der Waals surface area contributed by atoms with Gasteiger partial charge in [-0.25, -0.2) is 4.79 Å². The maximum atomic E-state index is 14.1. The molecule has 0 aromatic heterocycles. The van der Waals surface area contributed by atoms with Crippen molar-refractivity contribution in [1.82, 2.24) is 0 Å². The predicted molar refractivity (Wildman–Crippen MR) is 576 cm³/mol. The van der Waals surface area contributed by atoms with Crippen molar-refractivity contribution >= 4 is 84.9 Å². The largest absolute Gasteiger partial charge is 0.497 e. The Labute approximate surface area is 843 Å². The van der Waals surface area contributed by atoms with Gasteiger partial charge in [-0.15, -0.1) is 0 Å². The fourth-order valence-corrected chi connectivity index (χ4v) is 30.5. The Bertz CT molecular complexity index is 5160. The molecule has 0 radical (unpaired) electrons. The van der Waals surface area contributed by atoms with Gasteiger partial charge >= 0.3 is 234 Å². The second kappa shape index (κ2) is 53.0. The molecule has 0 saturated carbocycles. The number of carbonyl (C=O) groups is 2. The number of ether oxygens (including phenoxy) is 14. The molecule has 2 fully saturated rings. The zero-order valence-electron chi connectivity index (χ0n) is 88.5. The molecular weight excluding hydrogens is 1870 g/mol. The van der Waals surface area contributed by atoms with Crippen molar-refractivity contribution in [3.8, 4) is 34.5 Å². The van der Waals surface area contributed by atoms with Gasteiger partial charge in [0.15, 0.2) is 18.4 Å². The van der Waals surface area contributed by atoms with E-state index >= 15 is 0 Å². The molecule has 0 aliphatic carbocycles. The fourth-order valence-electron chi connectivity index (χ4n) is 17.7. The van der Waals surface area contributed by atoms with Crippen LogP contribution in [0.4, 0.5) is 0 Å². The van der Waals surface area contributed by atoms with Crippen LogP contribution < -0.4 is 53.6 Å². The van der Waals surface area contributed by atoms with E-state index in [1.165, 1.54) is 25.2 Å². The molecule has 2 saturated heterocycles. The van der Waals surface area contributed by atoms with E-state index in [-0.39, 0.29) is 111 Å². The van der Waals surface area contributed by atoms with Gasteiger partial charge in [-0.2, -0.15) is 0 Å². The topological polar surface area (TPSA) is 182 Å². The zero-order chi connectivity index (χ0) is 102. The third-order valence-corrected chi connectivity index (χ3v) is 41.6. The van der Waals surface area contributed by atoms with Gasteiger partial charge in [0.1, 0.15) is 29.4 Å². The smallest absolute Gasteiger partial charge is 0.342 e. The first kappa shape index (κ1) is 114. The third-order valence-electron chi connectivity index (χ3n) is 25.7. The van der Waals surface area contributed by atoms with Gasteiger partial charge in [0.2, 0.25) is 0 Å². The third kappa shape index (κ3) is 33.4. The molecule has 0 N–H and O–H groups in total. The first-order valence-corrected chi connectivity index (χ1v) is 62.9. The summed E-state index contributed by atoms with van der Waals surface area (Å²) in [5, 5.41) is 5.72. The number of methoxy groups -OCH3 is 4. The molecule has 11 rings (SSSR count). The molecule has 11 atom stereocenters. The molecule has 0 amide bonds. The summed E-state index contributed by atoms with van der Waals surface area (Å²) in [4.78, 5) is 27.4.